The number of hydrogen-bond donors (Lipinski definition) is 1. The minimum Gasteiger partial charge on any atom is -0.359 e. The molecule has 0 atom stereocenters. The van der Waals surface area contributed by atoms with Gasteiger partial charge in [0.2, 0.25) is 0 Å². The Kier molecular flexibility index (Phi) is 4.53. The fraction of sp³-hybridized carbons (Fsp3) is 0.467. The van der Waals surface area contributed by atoms with Gasteiger partial charge in [0, 0.05) is 24.2 Å². The molecule has 1 heterocycles. The van der Waals surface area contributed by atoms with Gasteiger partial charge in [0.05, 0.1) is 5.52 Å². The molecule has 0 fully saturated rings. The van der Waals surface area contributed by atoms with Crippen LogP contribution >= 0.6 is 0 Å². The first-order valence-electron chi connectivity index (χ1n) is 6.83. The maximum atomic E-state index is 13.6. The summed E-state index contributed by atoms with van der Waals surface area (Å²) in [5.74, 6) is -1.05. The number of H-pyrrole nitrogens is 1. The molecule has 0 aliphatic carbocycles. The van der Waals surface area contributed by atoms with E-state index in [0.717, 1.165) is 44.1 Å². The van der Waals surface area contributed by atoms with E-state index in [1.165, 1.54) is 6.07 Å². The maximum Gasteiger partial charge on any atom is 0.150 e. The van der Waals surface area contributed by atoms with E-state index in [4.69, 9.17) is 0 Å². The van der Waals surface area contributed by atoms with Gasteiger partial charge in [-0.3, -0.25) is 0 Å². The van der Waals surface area contributed by atoms with Crippen LogP contribution in [0.4, 0.5) is 8.78 Å². The van der Waals surface area contributed by atoms with Crippen LogP contribution in [-0.2, 0) is 6.42 Å². The first-order valence-corrected chi connectivity index (χ1v) is 6.83. The van der Waals surface area contributed by atoms with E-state index >= 15 is 0 Å². The van der Waals surface area contributed by atoms with Gasteiger partial charge in [-0.1, -0.05) is 13.8 Å². The number of aromatic amines is 1. The summed E-state index contributed by atoms with van der Waals surface area (Å²) in [5, 5.41) is 0.657. The first kappa shape index (κ1) is 14.0. The smallest absolute Gasteiger partial charge is 0.150 e. The van der Waals surface area contributed by atoms with Gasteiger partial charge in [0.25, 0.3) is 0 Å². The van der Waals surface area contributed by atoms with E-state index in [2.05, 4.69) is 23.7 Å². The predicted molar refractivity (Wildman–Crippen MR) is 74.3 cm³/mol. The lowest BCUT2D eigenvalue weighted by Crippen LogP contribution is -2.26. The second kappa shape index (κ2) is 6.15. The third-order valence-corrected chi connectivity index (χ3v) is 3.48. The normalized spacial score (nSPS) is 11.6. The number of nitrogens with one attached hydrogen (secondary N) is 1. The molecular weight excluding hydrogens is 246 g/mol. The Labute approximate surface area is 112 Å². The van der Waals surface area contributed by atoms with Gasteiger partial charge >= 0.3 is 0 Å². The zero-order valence-electron chi connectivity index (χ0n) is 11.5. The molecule has 0 amide bonds. The molecule has 0 unspecified atom stereocenters. The Morgan fingerprint density at radius 2 is 1.95 bits per heavy atom. The summed E-state index contributed by atoms with van der Waals surface area (Å²) < 4.78 is 26.8. The molecule has 0 bridgehead atoms. The van der Waals surface area contributed by atoms with E-state index < -0.39 is 11.6 Å². The minimum atomic E-state index is -0.526. The highest BCUT2D eigenvalue weighted by atomic mass is 19.1. The Hall–Kier alpha value is -1.42. The van der Waals surface area contributed by atoms with Crippen molar-refractivity contribution in [1.82, 2.24) is 9.88 Å². The monoisotopic (exact) mass is 266 g/mol. The van der Waals surface area contributed by atoms with Crippen molar-refractivity contribution in [3.05, 3.63) is 35.5 Å². The van der Waals surface area contributed by atoms with E-state index in [0.29, 0.717) is 10.9 Å². The van der Waals surface area contributed by atoms with Crippen molar-refractivity contribution < 1.29 is 8.78 Å². The van der Waals surface area contributed by atoms with Crippen molar-refractivity contribution in [1.29, 1.82) is 0 Å². The standard InChI is InChI=1S/C15H20F2N2/c1-3-6-19(4-2)7-5-11-10-18-15-13(11)8-12(16)9-14(15)17/h8-10,18H,3-7H2,1-2H3. The third kappa shape index (κ3) is 3.13. The summed E-state index contributed by atoms with van der Waals surface area (Å²) in [6.07, 6.45) is 3.70. The molecule has 2 rings (SSSR count). The van der Waals surface area contributed by atoms with Crippen LogP contribution in [0.25, 0.3) is 10.9 Å². The lowest BCUT2D eigenvalue weighted by Gasteiger charge is -2.18. The second-order valence-corrected chi connectivity index (χ2v) is 4.81. The van der Waals surface area contributed by atoms with Crippen LogP contribution in [0.5, 0.6) is 0 Å². The van der Waals surface area contributed by atoms with E-state index in [9.17, 15) is 8.78 Å². The van der Waals surface area contributed by atoms with E-state index in [1.807, 2.05) is 0 Å². The Bertz CT molecular complexity index is 548. The number of fused-ring (bicyclic) bond motifs is 1. The lowest BCUT2D eigenvalue weighted by atomic mass is 10.1. The molecule has 0 saturated heterocycles. The zero-order chi connectivity index (χ0) is 13.8. The van der Waals surface area contributed by atoms with Crippen molar-refractivity contribution in [2.75, 3.05) is 19.6 Å². The summed E-state index contributed by atoms with van der Waals surface area (Å²) >= 11 is 0. The molecule has 0 saturated carbocycles. The second-order valence-electron chi connectivity index (χ2n) is 4.81. The van der Waals surface area contributed by atoms with Gasteiger partial charge in [-0.15, -0.1) is 0 Å². The largest absolute Gasteiger partial charge is 0.359 e. The predicted octanol–water partition coefficient (Wildman–Crippen LogP) is 3.72. The third-order valence-electron chi connectivity index (χ3n) is 3.48. The molecule has 0 spiro atoms. The molecule has 1 aromatic carbocycles. The fourth-order valence-corrected chi connectivity index (χ4v) is 2.44. The van der Waals surface area contributed by atoms with Crippen molar-refractivity contribution in [3.8, 4) is 0 Å². The molecule has 104 valence electrons. The molecule has 2 nitrogen and oxygen atoms in total. The summed E-state index contributed by atoms with van der Waals surface area (Å²) in [7, 11) is 0. The minimum absolute atomic E-state index is 0.398. The van der Waals surface area contributed by atoms with Crippen LogP contribution in [0.2, 0.25) is 0 Å². The molecule has 1 N–H and O–H groups in total. The molecule has 0 aliphatic rings. The molecule has 0 aliphatic heterocycles. The number of benzene rings is 1. The number of hydrogen-bond acceptors (Lipinski definition) is 1. The Morgan fingerprint density at radius 1 is 1.16 bits per heavy atom. The Morgan fingerprint density at radius 3 is 2.63 bits per heavy atom. The van der Waals surface area contributed by atoms with Crippen LogP contribution in [0, 0.1) is 11.6 Å². The molecule has 4 heteroatoms. The zero-order valence-corrected chi connectivity index (χ0v) is 11.5. The number of rotatable bonds is 6. The summed E-state index contributed by atoms with van der Waals surface area (Å²) in [6, 6.07) is 2.32. The average molecular weight is 266 g/mol. The van der Waals surface area contributed by atoms with Crippen molar-refractivity contribution in [3.63, 3.8) is 0 Å². The van der Waals surface area contributed by atoms with E-state index in [1.54, 1.807) is 6.20 Å². The molecule has 2 aromatic rings. The number of likely N-dealkylation sites (N-methyl/N-ethyl adjacent to an activating group) is 1. The first-order chi connectivity index (χ1) is 9.15. The number of nitrogens with zero attached hydrogens (tertiary/aromatic N) is 1. The van der Waals surface area contributed by atoms with Crippen LogP contribution in [0.3, 0.4) is 0 Å². The van der Waals surface area contributed by atoms with Crippen LogP contribution in [0.1, 0.15) is 25.8 Å². The molecule has 1 aromatic heterocycles. The summed E-state index contributed by atoms with van der Waals surface area (Å²) in [4.78, 5) is 5.24. The topological polar surface area (TPSA) is 19.0 Å². The fourth-order valence-electron chi connectivity index (χ4n) is 2.44. The SMILES string of the molecule is CCCN(CC)CCc1c[nH]c2c(F)cc(F)cc12. The van der Waals surface area contributed by atoms with Gasteiger partial charge in [-0.2, -0.15) is 0 Å². The van der Waals surface area contributed by atoms with Crippen LogP contribution < -0.4 is 0 Å². The summed E-state index contributed by atoms with van der Waals surface area (Å²) in [5.41, 5.74) is 1.37. The van der Waals surface area contributed by atoms with Crippen molar-refractivity contribution in [2.24, 2.45) is 0 Å². The quantitative estimate of drug-likeness (QED) is 0.844. The van der Waals surface area contributed by atoms with Crippen LogP contribution in [-0.4, -0.2) is 29.5 Å². The number of halogens is 2. The van der Waals surface area contributed by atoms with Crippen molar-refractivity contribution in [2.45, 2.75) is 26.7 Å². The van der Waals surface area contributed by atoms with Crippen LogP contribution in [0.15, 0.2) is 18.3 Å². The maximum absolute atomic E-state index is 13.6. The highest BCUT2D eigenvalue weighted by Crippen LogP contribution is 2.23. The van der Waals surface area contributed by atoms with Gasteiger partial charge < -0.3 is 9.88 Å². The Balaban J connectivity index is 2.17. The lowest BCUT2D eigenvalue weighted by molar-refractivity contribution is 0.293. The van der Waals surface area contributed by atoms with Gasteiger partial charge in [-0.05, 0) is 37.6 Å². The molecule has 0 radical (unpaired) electrons. The van der Waals surface area contributed by atoms with E-state index in [-0.39, 0.29) is 0 Å². The number of aromatic nitrogens is 1. The van der Waals surface area contributed by atoms with Gasteiger partial charge in [-0.25, -0.2) is 8.78 Å². The van der Waals surface area contributed by atoms with Gasteiger partial charge in [0.1, 0.15) is 11.6 Å². The molecular formula is C15H20F2N2. The highest BCUT2D eigenvalue weighted by molar-refractivity contribution is 5.83. The van der Waals surface area contributed by atoms with Crippen molar-refractivity contribution >= 4 is 10.9 Å². The average Bonchev–Trinajstić information content (AvgIpc) is 2.78. The summed E-state index contributed by atoms with van der Waals surface area (Å²) in [6.45, 7) is 7.25. The van der Waals surface area contributed by atoms with Gasteiger partial charge in [0.15, 0.2) is 0 Å². The molecule has 19 heavy (non-hydrogen) atoms. The highest BCUT2D eigenvalue weighted by Gasteiger charge is 2.11.